The highest BCUT2D eigenvalue weighted by atomic mass is 32.2. The third-order valence-electron chi connectivity index (χ3n) is 3.11. The first-order valence-electron chi connectivity index (χ1n) is 6.77. The number of benzene rings is 2. The van der Waals surface area contributed by atoms with Crippen molar-refractivity contribution < 1.29 is 0 Å². The van der Waals surface area contributed by atoms with Crippen molar-refractivity contribution in [3.8, 4) is 0 Å². The number of hydrogen-bond donors (Lipinski definition) is 1. The molecule has 19 heavy (non-hydrogen) atoms. The van der Waals surface area contributed by atoms with E-state index in [2.05, 4.69) is 74.6 Å². The molecule has 2 aromatic rings. The highest BCUT2D eigenvalue weighted by molar-refractivity contribution is 7.99. The molecule has 1 unspecified atom stereocenters. The summed E-state index contributed by atoms with van der Waals surface area (Å²) in [4.78, 5) is 2.64. The van der Waals surface area contributed by atoms with Crippen LogP contribution in [0.2, 0.25) is 0 Å². The van der Waals surface area contributed by atoms with Crippen molar-refractivity contribution in [1.82, 2.24) is 5.32 Å². The van der Waals surface area contributed by atoms with Gasteiger partial charge in [-0.05, 0) is 44.2 Å². The maximum atomic E-state index is 3.49. The molecule has 0 saturated carbocycles. The van der Waals surface area contributed by atoms with Crippen LogP contribution in [0.1, 0.15) is 31.0 Å². The molecule has 2 aromatic carbocycles. The van der Waals surface area contributed by atoms with E-state index in [1.807, 2.05) is 11.8 Å². The van der Waals surface area contributed by atoms with E-state index in [4.69, 9.17) is 0 Å². The lowest BCUT2D eigenvalue weighted by Crippen LogP contribution is -2.18. The molecule has 0 amide bonds. The second kappa shape index (κ2) is 6.78. The molecule has 0 radical (unpaired) electrons. The molecule has 1 N–H and O–H groups in total. The Hall–Kier alpha value is -1.25. The minimum atomic E-state index is 0.388. The van der Waals surface area contributed by atoms with Gasteiger partial charge in [-0.3, -0.25) is 0 Å². The second-order valence-electron chi connectivity index (χ2n) is 4.74. The van der Waals surface area contributed by atoms with Crippen LogP contribution in [0.5, 0.6) is 0 Å². The Morgan fingerprint density at radius 2 is 1.89 bits per heavy atom. The fraction of sp³-hybridized carbons (Fsp3) is 0.294. The first kappa shape index (κ1) is 14.2. The lowest BCUT2D eigenvalue weighted by atomic mass is 10.1. The first-order chi connectivity index (χ1) is 9.20. The van der Waals surface area contributed by atoms with Crippen molar-refractivity contribution in [2.45, 2.75) is 36.6 Å². The van der Waals surface area contributed by atoms with E-state index in [1.165, 1.54) is 20.9 Å². The second-order valence-corrected chi connectivity index (χ2v) is 5.85. The van der Waals surface area contributed by atoms with E-state index in [0.29, 0.717) is 6.04 Å². The predicted molar refractivity (Wildman–Crippen MR) is 83.8 cm³/mol. The zero-order valence-electron chi connectivity index (χ0n) is 11.8. The summed E-state index contributed by atoms with van der Waals surface area (Å²) in [6, 6.07) is 17.7. The summed E-state index contributed by atoms with van der Waals surface area (Å²) < 4.78 is 0. The molecule has 1 atom stereocenters. The molecule has 2 heteroatoms. The van der Waals surface area contributed by atoms with Crippen LogP contribution in [-0.4, -0.2) is 6.54 Å². The van der Waals surface area contributed by atoms with Crippen LogP contribution in [0.4, 0.5) is 0 Å². The molecule has 0 heterocycles. The van der Waals surface area contributed by atoms with Crippen LogP contribution in [0.15, 0.2) is 58.3 Å². The summed E-state index contributed by atoms with van der Waals surface area (Å²) in [5.41, 5.74) is 2.68. The van der Waals surface area contributed by atoms with Crippen LogP contribution in [0.25, 0.3) is 0 Å². The van der Waals surface area contributed by atoms with Crippen molar-refractivity contribution in [3.63, 3.8) is 0 Å². The van der Waals surface area contributed by atoms with E-state index in [-0.39, 0.29) is 0 Å². The summed E-state index contributed by atoms with van der Waals surface area (Å²) in [7, 11) is 0. The van der Waals surface area contributed by atoms with Gasteiger partial charge in [-0.25, -0.2) is 0 Å². The molecular formula is C17H21NS. The molecule has 0 aliphatic carbocycles. The zero-order chi connectivity index (χ0) is 13.7. The molecule has 0 fully saturated rings. The first-order valence-corrected chi connectivity index (χ1v) is 7.59. The van der Waals surface area contributed by atoms with Crippen molar-refractivity contribution in [2.75, 3.05) is 6.54 Å². The highest BCUT2D eigenvalue weighted by Gasteiger charge is 2.10. The van der Waals surface area contributed by atoms with Gasteiger partial charge in [0.2, 0.25) is 0 Å². The molecule has 0 bridgehead atoms. The molecule has 0 aliphatic heterocycles. The number of aryl methyl sites for hydroxylation is 1. The van der Waals surface area contributed by atoms with E-state index in [9.17, 15) is 0 Å². The van der Waals surface area contributed by atoms with Crippen LogP contribution < -0.4 is 5.32 Å². The van der Waals surface area contributed by atoms with Gasteiger partial charge >= 0.3 is 0 Å². The topological polar surface area (TPSA) is 12.0 Å². The summed E-state index contributed by atoms with van der Waals surface area (Å²) in [6.45, 7) is 7.49. The Labute approximate surface area is 120 Å². The standard InChI is InChI=1S/C17H21NS/c1-4-18-14(3)16-10-5-6-11-17(16)19-15-9-7-8-13(2)12-15/h5-12,14,18H,4H2,1-3H3. The summed E-state index contributed by atoms with van der Waals surface area (Å²) in [6.07, 6.45) is 0. The van der Waals surface area contributed by atoms with Gasteiger partial charge < -0.3 is 5.32 Å². The normalized spacial score (nSPS) is 12.4. The Balaban J connectivity index is 2.25. The van der Waals surface area contributed by atoms with Gasteiger partial charge in [0.05, 0.1) is 0 Å². The molecule has 0 aliphatic rings. The summed E-state index contributed by atoms with van der Waals surface area (Å²) >= 11 is 1.84. The number of nitrogens with one attached hydrogen (secondary N) is 1. The van der Waals surface area contributed by atoms with Gasteiger partial charge in [0, 0.05) is 15.8 Å². The van der Waals surface area contributed by atoms with Crippen LogP contribution in [0.3, 0.4) is 0 Å². The van der Waals surface area contributed by atoms with E-state index >= 15 is 0 Å². The van der Waals surface area contributed by atoms with Gasteiger partial charge in [0.15, 0.2) is 0 Å². The average Bonchev–Trinajstić information content (AvgIpc) is 2.39. The van der Waals surface area contributed by atoms with Gasteiger partial charge in [-0.15, -0.1) is 0 Å². The van der Waals surface area contributed by atoms with Gasteiger partial charge in [0.1, 0.15) is 0 Å². The van der Waals surface area contributed by atoms with Gasteiger partial charge in [0.25, 0.3) is 0 Å². The summed E-state index contributed by atoms with van der Waals surface area (Å²) in [5, 5.41) is 3.49. The average molecular weight is 271 g/mol. The van der Waals surface area contributed by atoms with Crippen LogP contribution >= 0.6 is 11.8 Å². The highest BCUT2D eigenvalue weighted by Crippen LogP contribution is 2.33. The molecule has 1 nitrogen and oxygen atoms in total. The van der Waals surface area contributed by atoms with E-state index < -0.39 is 0 Å². The van der Waals surface area contributed by atoms with E-state index in [0.717, 1.165) is 6.54 Å². The predicted octanol–water partition coefficient (Wildman–Crippen LogP) is 4.82. The fourth-order valence-corrected chi connectivity index (χ4v) is 3.31. The molecule has 2 rings (SSSR count). The van der Waals surface area contributed by atoms with E-state index in [1.54, 1.807) is 0 Å². The SMILES string of the molecule is CCNC(C)c1ccccc1Sc1cccc(C)c1. The maximum Gasteiger partial charge on any atom is 0.0302 e. The molecular weight excluding hydrogens is 250 g/mol. The minimum Gasteiger partial charge on any atom is -0.310 e. The monoisotopic (exact) mass is 271 g/mol. The fourth-order valence-electron chi connectivity index (χ4n) is 2.15. The lowest BCUT2D eigenvalue weighted by Gasteiger charge is -2.16. The van der Waals surface area contributed by atoms with Crippen molar-refractivity contribution in [1.29, 1.82) is 0 Å². The smallest absolute Gasteiger partial charge is 0.0302 e. The third-order valence-corrected chi connectivity index (χ3v) is 4.19. The third kappa shape index (κ3) is 3.85. The number of rotatable bonds is 5. The van der Waals surface area contributed by atoms with Crippen molar-refractivity contribution >= 4 is 11.8 Å². The Morgan fingerprint density at radius 1 is 1.11 bits per heavy atom. The van der Waals surface area contributed by atoms with Crippen LogP contribution in [0, 0.1) is 6.92 Å². The zero-order valence-corrected chi connectivity index (χ0v) is 12.6. The quantitative estimate of drug-likeness (QED) is 0.837. The van der Waals surface area contributed by atoms with Crippen molar-refractivity contribution in [3.05, 3.63) is 59.7 Å². The maximum absolute atomic E-state index is 3.49. The molecule has 0 saturated heterocycles. The summed E-state index contributed by atoms with van der Waals surface area (Å²) in [5.74, 6) is 0. The lowest BCUT2D eigenvalue weighted by molar-refractivity contribution is 0.590. The van der Waals surface area contributed by atoms with Gasteiger partial charge in [-0.2, -0.15) is 0 Å². The Morgan fingerprint density at radius 3 is 2.63 bits per heavy atom. The van der Waals surface area contributed by atoms with Gasteiger partial charge in [-0.1, -0.05) is 54.6 Å². The minimum absolute atomic E-state index is 0.388. The van der Waals surface area contributed by atoms with Crippen molar-refractivity contribution in [2.24, 2.45) is 0 Å². The largest absolute Gasteiger partial charge is 0.310 e. The molecule has 100 valence electrons. The Kier molecular flexibility index (Phi) is 5.06. The van der Waals surface area contributed by atoms with Crippen LogP contribution in [-0.2, 0) is 0 Å². The molecule has 0 spiro atoms. The molecule has 0 aromatic heterocycles. The Bertz CT molecular complexity index is 536. The number of hydrogen-bond acceptors (Lipinski definition) is 2.